The molecule has 4 rings (SSSR count). The summed E-state index contributed by atoms with van der Waals surface area (Å²) < 4.78 is 13.2. The summed E-state index contributed by atoms with van der Waals surface area (Å²) in [6.07, 6.45) is 1.86. The van der Waals surface area contributed by atoms with Crippen LogP contribution >= 0.6 is 0 Å². The Bertz CT molecular complexity index is 1030. The Morgan fingerprint density at radius 2 is 1.97 bits per heavy atom. The van der Waals surface area contributed by atoms with E-state index in [2.05, 4.69) is 43.9 Å². The molecule has 0 saturated heterocycles. The minimum absolute atomic E-state index is 0.241. The molecule has 3 aromatic rings. The molecule has 2 heterocycles. The summed E-state index contributed by atoms with van der Waals surface area (Å²) in [6.45, 7) is 2.37. The molecule has 168 valence electrons. The van der Waals surface area contributed by atoms with Gasteiger partial charge in [0.25, 0.3) is 0 Å². The number of guanidine groups is 1. The lowest BCUT2D eigenvalue weighted by Crippen LogP contribution is -2.47. The second-order valence-corrected chi connectivity index (χ2v) is 7.65. The SMILES string of the molecule is CN=C(NCCOc1ccccc1-c1ccccc1)NC1CCc2nc(COC)nn2C1. The Kier molecular flexibility index (Phi) is 7.34. The Morgan fingerprint density at radius 3 is 2.78 bits per heavy atom. The monoisotopic (exact) mass is 434 g/mol. The molecule has 1 atom stereocenters. The zero-order valence-electron chi connectivity index (χ0n) is 18.6. The third-order valence-electron chi connectivity index (χ3n) is 5.36. The zero-order chi connectivity index (χ0) is 22.2. The van der Waals surface area contributed by atoms with Crippen molar-refractivity contribution in [3.63, 3.8) is 0 Å². The first kappa shape index (κ1) is 21.8. The Morgan fingerprint density at radius 1 is 1.16 bits per heavy atom. The van der Waals surface area contributed by atoms with Crippen LogP contribution in [0.15, 0.2) is 59.6 Å². The highest BCUT2D eigenvalue weighted by molar-refractivity contribution is 5.80. The minimum Gasteiger partial charge on any atom is -0.491 e. The van der Waals surface area contributed by atoms with E-state index in [1.54, 1.807) is 14.2 Å². The van der Waals surface area contributed by atoms with Gasteiger partial charge in [-0.2, -0.15) is 5.10 Å². The van der Waals surface area contributed by atoms with Gasteiger partial charge in [0.15, 0.2) is 11.8 Å². The normalized spacial score (nSPS) is 15.8. The number of aliphatic imine (C=N–C) groups is 1. The number of rotatable bonds is 8. The van der Waals surface area contributed by atoms with Gasteiger partial charge in [0.2, 0.25) is 0 Å². The van der Waals surface area contributed by atoms with Crippen molar-refractivity contribution in [1.82, 2.24) is 25.4 Å². The van der Waals surface area contributed by atoms with Crippen LogP contribution in [0.1, 0.15) is 18.1 Å². The lowest BCUT2D eigenvalue weighted by molar-refractivity contribution is 0.177. The van der Waals surface area contributed by atoms with Gasteiger partial charge in [-0.05, 0) is 18.1 Å². The van der Waals surface area contributed by atoms with Crippen LogP contribution < -0.4 is 15.4 Å². The number of nitrogens with zero attached hydrogens (tertiary/aromatic N) is 4. The summed E-state index contributed by atoms with van der Waals surface area (Å²) in [5.74, 6) is 3.39. The van der Waals surface area contributed by atoms with Crippen LogP contribution in [0.25, 0.3) is 11.1 Å². The summed E-state index contributed by atoms with van der Waals surface area (Å²) in [5, 5.41) is 11.4. The molecule has 32 heavy (non-hydrogen) atoms. The minimum atomic E-state index is 0.241. The summed E-state index contributed by atoms with van der Waals surface area (Å²) in [7, 11) is 3.44. The highest BCUT2D eigenvalue weighted by Crippen LogP contribution is 2.29. The molecule has 0 aliphatic carbocycles. The number of nitrogens with one attached hydrogen (secondary N) is 2. The van der Waals surface area contributed by atoms with Crippen LogP contribution in [-0.2, 0) is 24.3 Å². The molecule has 1 aromatic heterocycles. The Balaban J connectivity index is 1.26. The third-order valence-corrected chi connectivity index (χ3v) is 5.36. The van der Waals surface area contributed by atoms with Crippen LogP contribution in [0, 0.1) is 0 Å². The van der Waals surface area contributed by atoms with E-state index in [1.807, 2.05) is 41.1 Å². The van der Waals surface area contributed by atoms with Crippen molar-refractivity contribution in [2.75, 3.05) is 27.3 Å². The number of methoxy groups -OCH3 is 1. The van der Waals surface area contributed by atoms with Crippen molar-refractivity contribution in [2.24, 2.45) is 4.99 Å². The number of ether oxygens (including phenoxy) is 2. The number of fused-ring (bicyclic) bond motifs is 1. The van der Waals surface area contributed by atoms with E-state index in [0.29, 0.717) is 19.8 Å². The van der Waals surface area contributed by atoms with Crippen molar-refractivity contribution < 1.29 is 9.47 Å². The quantitative estimate of drug-likeness (QED) is 0.322. The smallest absolute Gasteiger partial charge is 0.191 e. The van der Waals surface area contributed by atoms with Gasteiger partial charge < -0.3 is 20.1 Å². The summed E-state index contributed by atoms with van der Waals surface area (Å²) in [6, 6.07) is 18.6. The standard InChI is InChI=1S/C24H30N6O2/c1-25-24(27-19-12-13-23-28-22(17-31-2)29-30(23)16-19)26-14-15-32-21-11-7-6-10-20(21)18-8-4-3-5-9-18/h3-11,19H,12-17H2,1-2H3,(H2,25,26,27). The zero-order valence-corrected chi connectivity index (χ0v) is 18.6. The molecule has 2 N–H and O–H groups in total. The van der Waals surface area contributed by atoms with Gasteiger partial charge in [0, 0.05) is 32.2 Å². The molecular weight excluding hydrogens is 404 g/mol. The van der Waals surface area contributed by atoms with E-state index < -0.39 is 0 Å². The Hall–Kier alpha value is -3.39. The summed E-state index contributed by atoms with van der Waals surface area (Å²) >= 11 is 0. The first-order valence-electron chi connectivity index (χ1n) is 10.9. The highest BCUT2D eigenvalue weighted by Gasteiger charge is 2.22. The molecule has 0 radical (unpaired) electrons. The number of hydrogen-bond acceptors (Lipinski definition) is 5. The van der Waals surface area contributed by atoms with Gasteiger partial charge in [-0.25, -0.2) is 9.67 Å². The molecule has 1 unspecified atom stereocenters. The third kappa shape index (κ3) is 5.45. The van der Waals surface area contributed by atoms with Crippen LogP contribution in [0.5, 0.6) is 5.75 Å². The second kappa shape index (κ2) is 10.8. The fourth-order valence-corrected chi connectivity index (χ4v) is 3.84. The van der Waals surface area contributed by atoms with E-state index in [0.717, 1.165) is 53.9 Å². The molecule has 8 heteroatoms. The van der Waals surface area contributed by atoms with Crippen LogP contribution in [0.4, 0.5) is 0 Å². The van der Waals surface area contributed by atoms with Crippen molar-refractivity contribution in [1.29, 1.82) is 0 Å². The molecule has 0 fully saturated rings. The number of para-hydroxylation sites is 1. The van der Waals surface area contributed by atoms with E-state index in [9.17, 15) is 0 Å². The maximum Gasteiger partial charge on any atom is 0.191 e. The first-order valence-corrected chi connectivity index (χ1v) is 10.9. The number of aryl methyl sites for hydroxylation is 1. The van der Waals surface area contributed by atoms with E-state index in [1.165, 1.54) is 0 Å². The van der Waals surface area contributed by atoms with Gasteiger partial charge in [0.05, 0.1) is 13.1 Å². The molecule has 1 aliphatic rings. The van der Waals surface area contributed by atoms with Crippen LogP contribution in [0.3, 0.4) is 0 Å². The average Bonchev–Trinajstić information content (AvgIpc) is 3.24. The van der Waals surface area contributed by atoms with Crippen LogP contribution in [0.2, 0.25) is 0 Å². The molecular formula is C24H30N6O2. The van der Waals surface area contributed by atoms with Crippen molar-refractivity contribution >= 4 is 5.96 Å². The second-order valence-electron chi connectivity index (χ2n) is 7.65. The lowest BCUT2D eigenvalue weighted by atomic mass is 10.1. The van der Waals surface area contributed by atoms with E-state index >= 15 is 0 Å². The molecule has 0 bridgehead atoms. The number of aromatic nitrogens is 3. The molecule has 0 spiro atoms. The van der Waals surface area contributed by atoms with E-state index in [4.69, 9.17) is 9.47 Å². The van der Waals surface area contributed by atoms with Gasteiger partial charge in [0.1, 0.15) is 24.8 Å². The van der Waals surface area contributed by atoms with E-state index in [-0.39, 0.29) is 6.04 Å². The van der Waals surface area contributed by atoms with Crippen molar-refractivity contribution in [3.05, 3.63) is 66.2 Å². The predicted molar refractivity (Wildman–Crippen MR) is 125 cm³/mol. The fourth-order valence-electron chi connectivity index (χ4n) is 3.84. The lowest BCUT2D eigenvalue weighted by Gasteiger charge is -2.25. The molecule has 0 saturated carbocycles. The maximum absolute atomic E-state index is 6.07. The molecule has 8 nitrogen and oxygen atoms in total. The summed E-state index contributed by atoms with van der Waals surface area (Å²) in [4.78, 5) is 8.89. The Labute approximate surface area is 188 Å². The largest absolute Gasteiger partial charge is 0.491 e. The van der Waals surface area contributed by atoms with Crippen molar-refractivity contribution in [2.45, 2.75) is 32.0 Å². The van der Waals surface area contributed by atoms with Crippen LogP contribution in [-0.4, -0.2) is 54.1 Å². The van der Waals surface area contributed by atoms with Gasteiger partial charge >= 0.3 is 0 Å². The number of hydrogen-bond donors (Lipinski definition) is 2. The van der Waals surface area contributed by atoms with Gasteiger partial charge in [-0.15, -0.1) is 0 Å². The fraction of sp³-hybridized carbons (Fsp3) is 0.375. The molecule has 0 amide bonds. The molecule has 2 aromatic carbocycles. The first-order chi connectivity index (χ1) is 15.8. The summed E-state index contributed by atoms with van der Waals surface area (Å²) in [5.41, 5.74) is 2.24. The molecule has 1 aliphatic heterocycles. The average molecular weight is 435 g/mol. The van der Waals surface area contributed by atoms with Gasteiger partial charge in [-0.3, -0.25) is 4.99 Å². The predicted octanol–water partition coefficient (Wildman–Crippen LogP) is 2.65. The van der Waals surface area contributed by atoms with Gasteiger partial charge in [-0.1, -0.05) is 48.5 Å². The number of benzene rings is 2. The van der Waals surface area contributed by atoms with Crippen molar-refractivity contribution in [3.8, 4) is 16.9 Å². The highest BCUT2D eigenvalue weighted by atomic mass is 16.5. The topological polar surface area (TPSA) is 85.6 Å². The maximum atomic E-state index is 6.07.